The number of hydrogen-bond acceptors (Lipinski definition) is 3. The first-order valence-corrected chi connectivity index (χ1v) is 7.02. The van der Waals surface area contributed by atoms with Crippen molar-refractivity contribution in [2.75, 3.05) is 0 Å². The molecule has 1 saturated carbocycles. The van der Waals surface area contributed by atoms with Crippen LogP contribution in [-0.2, 0) is 0 Å². The molecule has 0 saturated heterocycles. The Morgan fingerprint density at radius 2 is 2.40 bits per heavy atom. The Balaban J connectivity index is 1.62. The molecule has 0 radical (unpaired) electrons. The first-order chi connectivity index (χ1) is 9.59. The minimum atomic E-state index is -0.225. The first kappa shape index (κ1) is 13.0. The first-order valence-electron chi connectivity index (χ1n) is 7.02. The summed E-state index contributed by atoms with van der Waals surface area (Å²) < 4.78 is 0. The average Bonchev–Trinajstić information content (AvgIpc) is 2.48. The third-order valence-corrected chi connectivity index (χ3v) is 4.81. The van der Waals surface area contributed by atoms with Gasteiger partial charge in [0.2, 0.25) is 0 Å². The maximum Gasteiger partial charge on any atom is 0.272 e. The van der Waals surface area contributed by atoms with E-state index in [1.807, 2.05) is 0 Å². The Morgan fingerprint density at radius 3 is 3.05 bits per heavy atom. The van der Waals surface area contributed by atoms with E-state index in [1.165, 1.54) is 18.2 Å². The van der Waals surface area contributed by atoms with Crippen molar-refractivity contribution in [3.8, 4) is 0 Å². The van der Waals surface area contributed by atoms with E-state index in [0.29, 0.717) is 16.9 Å². The van der Waals surface area contributed by atoms with Crippen molar-refractivity contribution in [2.45, 2.75) is 26.7 Å². The minimum Gasteiger partial charge on any atom is -0.267 e. The number of amides is 1. The molecule has 20 heavy (non-hydrogen) atoms. The summed E-state index contributed by atoms with van der Waals surface area (Å²) >= 11 is 0. The minimum absolute atomic E-state index is 0.225. The average molecular weight is 269 g/mol. The van der Waals surface area contributed by atoms with Crippen molar-refractivity contribution >= 4 is 12.1 Å². The highest BCUT2D eigenvalue weighted by atomic mass is 16.2. The van der Waals surface area contributed by atoms with Gasteiger partial charge in [-0.25, -0.2) is 5.43 Å². The Hall–Kier alpha value is -1.97. The Labute approximate surface area is 119 Å². The number of rotatable bonds is 3. The number of hydrazone groups is 1. The smallest absolute Gasteiger partial charge is 0.267 e. The molecule has 4 heteroatoms. The predicted molar refractivity (Wildman–Crippen MR) is 78.3 cm³/mol. The van der Waals surface area contributed by atoms with E-state index in [9.17, 15) is 4.79 Å². The van der Waals surface area contributed by atoms with Gasteiger partial charge in [-0.05, 0) is 47.8 Å². The zero-order valence-corrected chi connectivity index (χ0v) is 11.8. The molecule has 104 valence electrons. The van der Waals surface area contributed by atoms with E-state index >= 15 is 0 Å². The summed E-state index contributed by atoms with van der Waals surface area (Å²) in [5.74, 6) is 1.17. The van der Waals surface area contributed by atoms with E-state index in [2.05, 4.69) is 35.4 Å². The zero-order valence-electron chi connectivity index (χ0n) is 11.8. The van der Waals surface area contributed by atoms with Crippen molar-refractivity contribution in [3.05, 3.63) is 41.7 Å². The third kappa shape index (κ3) is 2.15. The van der Waals surface area contributed by atoms with Gasteiger partial charge >= 0.3 is 0 Å². The molecule has 1 aromatic heterocycles. The number of fused-ring (bicyclic) bond motifs is 1. The second kappa shape index (κ2) is 4.85. The Morgan fingerprint density at radius 1 is 1.55 bits per heavy atom. The van der Waals surface area contributed by atoms with Crippen molar-refractivity contribution in [2.24, 2.45) is 22.4 Å². The summed E-state index contributed by atoms with van der Waals surface area (Å²) in [6.45, 7) is 4.64. The standard InChI is InChI=1S/C16H19N3O/c1-16(2)13-6-5-11(14(16)8-13)10-18-19-15(20)12-4-3-7-17-9-12/h3-5,7,9-10,13-14H,6,8H2,1-2H3,(H,19,20)/b18-10-/t13-,14-/m1/s1. The number of aromatic nitrogens is 1. The molecule has 3 aliphatic rings. The quantitative estimate of drug-likeness (QED) is 0.677. The van der Waals surface area contributed by atoms with Crippen LogP contribution in [0.15, 0.2) is 41.3 Å². The van der Waals surface area contributed by atoms with Crippen molar-refractivity contribution < 1.29 is 4.79 Å². The molecule has 4 nitrogen and oxygen atoms in total. The highest BCUT2D eigenvalue weighted by molar-refractivity contribution is 5.94. The fourth-order valence-corrected chi connectivity index (χ4v) is 3.27. The van der Waals surface area contributed by atoms with Gasteiger partial charge in [0, 0.05) is 12.4 Å². The van der Waals surface area contributed by atoms with Gasteiger partial charge in [-0.15, -0.1) is 0 Å². The maximum absolute atomic E-state index is 11.8. The van der Waals surface area contributed by atoms with Crippen LogP contribution in [0.25, 0.3) is 0 Å². The Bertz CT molecular complexity index is 575. The number of nitrogens with zero attached hydrogens (tertiary/aromatic N) is 2. The lowest BCUT2D eigenvalue weighted by atomic mass is 9.49. The lowest BCUT2D eigenvalue weighted by Gasteiger charge is -2.55. The molecular weight excluding hydrogens is 250 g/mol. The van der Waals surface area contributed by atoms with Crippen LogP contribution in [0.2, 0.25) is 0 Å². The van der Waals surface area contributed by atoms with Crippen molar-refractivity contribution in [1.29, 1.82) is 0 Å². The van der Waals surface area contributed by atoms with Crippen LogP contribution in [0.3, 0.4) is 0 Å². The van der Waals surface area contributed by atoms with Gasteiger partial charge < -0.3 is 0 Å². The number of nitrogens with one attached hydrogen (secondary N) is 1. The summed E-state index contributed by atoms with van der Waals surface area (Å²) in [5.41, 5.74) is 4.71. The van der Waals surface area contributed by atoms with Crippen LogP contribution < -0.4 is 5.43 Å². The second-order valence-electron chi connectivity index (χ2n) is 6.19. The number of carbonyl (C=O) groups is 1. The van der Waals surface area contributed by atoms with Crippen molar-refractivity contribution in [1.82, 2.24) is 10.4 Å². The molecule has 2 bridgehead atoms. The van der Waals surface area contributed by atoms with E-state index in [-0.39, 0.29) is 5.91 Å². The summed E-state index contributed by atoms with van der Waals surface area (Å²) in [7, 11) is 0. The van der Waals surface area contributed by atoms with Crippen LogP contribution in [-0.4, -0.2) is 17.1 Å². The lowest BCUT2D eigenvalue weighted by molar-refractivity contribution is -0.00126. The van der Waals surface area contributed by atoms with Crippen LogP contribution in [0, 0.1) is 17.3 Å². The molecule has 2 atom stereocenters. The molecule has 1 amide bonds. The third-order valence-electron chi connectivity index (χ3n) is 4.81. The summed E-state index contributed by atoms with van der Waals surface area (Å²) in [6.07, 6.45) is 9.61. The number of carbonyl (C=O) groups excluding carboxylic acids is 1. The highest BCUT2D eigenvalue weighted by Gasteiger charge is 2.50. The van der Waals surface area contributed by atoms with Gasteiger partial charge in [0.15, 0.2) is 0 Å². The number of hydrogen-bond donors (Lipinski definition) is 1. The SMILES string of the molecule is CC1(C)[C@@H]2CC=C(/C=N\NC(=O)c3cccnc3)[C@H]1C2. The summed E-state index contributed by atoms with van der Waals surface area (Å²) in [4.78, 5) is 15.7. The summed E-state index contributed by atoms with van der Waals surface area (Å²) in [6, 6.07) is 3.46. The lowest BCUT2D eigenvalue weighted by Crippen LogP contribution is -2.48. The normalized spacial score (nSPS) is 26.8. The molecule has 1 heterocycles. The number of pyridine rings is 1. The van der Waals surface area contributed by atoms with Gasteiger partial charge in [0.05, 0.1) is 11.8 Å². The topological polar surface area (TPSA) is 54.4 Å². The van der Waals surface area contributed by atoms with Gasteiger partial charge in [0.1, 0.15) is 0 Å². The van der Waals surface area contributed by atoms with Gasteiger partial charge in [-0.2, -0.15) is 5.10 Å². The molecule has 1 fully saturated rings. The Kier molecular flexibility index (Phi) is 3.16. The van der Waals surface area contributed by atoms with Crippen LogP contribution >= 0.6 is 0 Å². The molecular formula is C16H19N3O. The molecule has 3 aliphatic carbocycles. The molecule has 4 rings (SSSR count). The molecule has 0 aromatic carbocycles. The monoisotopic (exact) mass is 269 g/mol. The van der Waals surface area contributed by atoms with E-state index in [1.54, 1.807) is 24.5 Å². The fourth-order valence-electron chi connectivity index (χ4n) is 3.27. The number of allylic oxidation sites excluding steroid dienone is 2. The predicted octanol–water partition coefficient (Wildman–Crippen LogP) is 2.79. The van der Waals surface area contributed by atoms with E-state index < -0.39 is 0 Å². The second-order valence-corrected chi connectivity index (χ2v) is 6.19. The molecule has 0 aliphatic heterocycles. The van der Waals surface area contributed by atoms with Crippen LogP contribution in [0.4, 0.5) is 0 Å². The van der Waals surface area contributed by atoms with Gasteiger partial charge in [-0.1, -0.05) is 19.9 Å². The largest absolute Gasteiger partial charge is 0.272 e. The highest BCUT2D eigenvalue weighted by Crippen LogP contribution is 2.58. The van der Waals surface area contributed by atoms with Crippen LogP contribution in [0.5, 0.6) is 0 Å². The van der Waals surface area contributed by atoms with Gasteiger partial charge in [-0.3, -0.25) is 9.78 Å². The van der Waals surface area contributed by atoms with Crippen molar-refractivity contribution in [3.63, 3.8) is 0 Å². The fraction of sp³-hybridized carbons (Fsp3) is 0.438. The summed E-state index contributed by atoms with van der Waals surface area (Å²) in [5, 5.41) is 4.09. The molecule has 1 N–H and O–H groups in total. The van der Waals surface area contributed by atoms with E-state index in [4.69, 9.17) is 0 Å². The molecule has 0 spiro atoms. The van der Waals surface area contributed by atoms with E-state index in [0.717, 1.165) is 12.3 Å². The molecule has 1 aromatic rings. The maximum atomic E-state index is 11.8. The van der Waals surface area contributed by atoms with Gasteiger partial charge in [0.25, 0.3) is 5.91 Å². The molecule has 0 unspecified atom stereocenters. The van der Waals surface area contributed by atoms with Crippen LogP contribution in [0.1, 0.15) is 37.0 Å². The zero-order chi connectivity index (χ0) is 14.2.